The molecule has 0 radical (unpaired) electrons. The van der Waals surface area contributed by atoms with E-state index in [1.165, 1.54) is 11.3 Å². The second-order valence-corrected chi connectivity index (χ2v) is 4.20. The molecule has 0 spiro atoms. The lowest BCUT2D eigenvalue weighted by Gasteiger charge is -2.29. The fourth-order valence-corrected chi connectivity index (χ4v) is 2.04. The predicted molar refractivity (Wildman–Crippen MR) is 66.1 cm³/mol. The highest BCUT2D eigenvalue weighted by atomic mass is 16.5. The summed E-state index contributed by atoms with van der Waals surface area (Å²) in [4.78, 5) is 0. The quantitative estimate of drug-likeness (QED) is 0.870. The Morgan fingerprint density at radius 3 is 2.59 bits per heavy atom. The molecule has 0 aliphatic carbocycles. The smallest absolute Gasteiger partial charge is 0.118 e. The molecular formula is C13H15N3O. The van der Waals surface area contributed by atoms with Crippen LogP contribution in [0.25, 0.3) is 11.3 Å². The maximum Gasteiger partial charge on any atom is 0.118 e. The molecule has 1 aromatic heterocycles. The average Bonchev–Trinajstić information content (AvgIpc) is 2.76. The first-order valence-corrected chi connectivity index (χ1v) is 5.77. The molecule has 4 heteroatoms. The van der Waals surface area contributed by atoms with Crippen LogP contribution in [-0.4, -0.2) is 30.0 Å². The third-order valence-electron chi connectivity index (χ3n) is 3.16. The second-order valence-electron chi connectivity index (χ2n) is 4.20. The van der Waals surface area contributed by atoms with Gasteiger partial charge in [0.25, 0.3) is 0 Å². The van der Waals surface area contributed by atoms with Crippen LogP contribution in [0.1, 0.15) is 6.04 Å². The molecule has 1 N–H and O–H groups in total. The molecule has 2 heterocycles. The van der Waals surface area contributed by atoms with E-state index in [4.69, 9.17) is 4.74 Å². The first-order valence-electron chi connectivity index (χ1n) is 5.77. The van der Waals surface area contributed by atoms with Crippen LogP contribution < -0.4 is 10.1 Å². The first kappa shape index (κ1) is 10.4. The summed E-state index contributed by atoms with van der Waals surface area (Å²) < 4.78 is 7.26. The number of benzene rings is 1. The highest BCUT2D eigenvalue weighted by molar-refractivity contribution is 5.60. The summed E-state index contributed by atoms with van der Waals surface area (Å²) in [5.74, 6) is 0.880. The Bertz CT molecular complexity index is 500. The topological polar surface area (TPSA) is 39.1 Å². The van der Waals surface area contributed by atoms with Crippen LogP contribution in [0.2, 0.25) is 0 Å². The molecule has 0 unspecified atom stereocenters. The maximum atomic E-state index is 5.16. The Balaban J connectivity index is 1.94. The van der Waals surface area contributed by atoms with Gasteiger partial charge >= 0.3 is 0 Å². The van der Waals surface area contributed by atoms with E-state index in [0.717, 1.165) is 18.8 Å². The Labute approximate surface area is 100 Å². The van der Waals surface area contributed by atoms with Crippen LogP contribution in [-0.2, 0) is 0 Å². The molecule has 1 aliphatic heterocycles. The molecule has 1 fully saturated rings. The van der Waals surface area contributed by atoms with Crippen molar-refractivity contribution in [3.8, 4) is 17.0 Å². The van der Waals surface area contributed by atoms with Gasteiger partial charge in [0.1, 0.15) is 5.75 Å². The van der Waals surface area contributed by atoms with E-state index in [2.05, 4.69) is 33.3 Å². The summed E-state index contributed by atoms with van der Waals surface area (Å²) in [6.07, 6.45) is 1.86. The Morgan fingerprint density at radius 2 is 2.00 bits per heavy atom. The Morgan fingerprint density at radius 1 is 1.24 bits per heavy atom. The number of hydrogen-bond donors (Lipinski definition) is 1. The number of nitrogens with zero attached hydrogens (tertiary/aromatic N) is 2. The highest BCUT2D eigenvalue weighted by Crippen LogP contribution is 2.25. The lowest BCUT2D eigenvalue weighted by Crippen LogP contribution is -2.44. The highest BCUT2D eigenvalue weighted by Gasteiger charge is 2.21. The van der Waals surface area contributed by atoms with Gasteiger partial charge in [-0.15, -0.1) is 0 Å². The summed E-state index contributed by atoms with van der Waals surface area (Å²) in [7, 11) is 1.68. The van der Waals surface area contributed by atoms with Crippen molar-refractivity contribution >= 4 is 0 Å². The van der Waals surface area contributed by atoms with Gasteiger partial charge in [0, 0.05) is 24.8 Å². The van der Waals surface area contributed by atoms with Gasteiger partial charge in [-0.05, 0) is 30.3 Å². The number of ether oxygens (including phenoxy) is 1. The van der Waals surface area contributed by atoms with E-state index in [0.29, 0.717) is 6.04 Å². The molecule has 4 nitrogen and oxygen atoms in total. The summed E-state index contributed by atoms with van der Waals surface area (Å²) in [6, 6.07) is 10.6. The van der Waals surface area contributed by atoms with E-state index in [9.17, 15) is 0 Å². The molecule has 0 amide bonds. The van der Waals surface area contributed by atoms with E-state index >= 15 is 0 Å². The van der Waals surface area contributed by atoms with Crippen molar-refractivity contribution in [1.29, 1.82) is 0 Å². The van der Waals surface area contributed by atoms with Gasteiger partial charge in [-0.3, -0.25) is 4.68 Å². The monoisotopic (exact) mass is 229 g/mol. The van der Waals surface area contributed by atoms with Crippen molar-refractivity contribution in [2.24, 2.45) is 0 Å². The van der Waals surface area contributed by atoms with E-state index in [1.807, 2.05) is 18.3 Å². The van der Waals surface area contributed by atoms with Gasteiger partial charge in [0.05, 0.1) is 18.8 Å². The Kier molecular flexibility index (Phi) is 2.57. The summed E-state index contributed by atoms with van der Waals surface area (Å²) >= 11 is 0. The fourth-order valence-electron chi connectivity index (χ4n) is 2.04. The van der Waals surface area contributed by atoms with Gasteiger partial charge in [-0.1, -0.05) is 0 Å². The molecule has 1 aromatic carbocycles. The molecule has 88 valence electrons. The number of aromatic nitrogens is 2. The normalized spacial score (nSPS) is 15.6. The van der Waals surface area contributed by atoms with E-state index in [1.54, 1.807) is 7.11 Å². The zero-order valence-electron chi connectivity index (χ0n) is 9.76. The van der Waals surface area contributed by atoms with Gasteiger partial charge in [-0.2, -0.15) is 5.10 Å². The maximum absolute atomic E-state index is 5.16. The Hall–Kier alpha value is -1.81. The van der Waals surface area contributed by atoms with Crippen LogP contribution in [0.5, 0.6) is 5.75 Å². The van der Waals surface area contributed by atoms with E-state index in [-0.39, 0.29) is 0 Å². The average molecular weight is 229 g/mol. The molecular weight excluding hydrogens is 214 g/mol. The summed E-state index contributed by atoms with van der Waals surface area (Å²) in [5, 5.41) is 7.67. The fraction of sp³-hybridized carbons (Fsp3) is 0.308. The summed E-state index contributed by atoms with van der Waals surface area (Å²) in [6.45, 7) is 2.01. The van der Waals surface area contributed by atoms with Crippen molar-refractivity contribution in [3.05, 3.63) is 36.5 Å². The van der Waals surface area contributed by atoms with Crippen molar-refractivity contribution in [1.82, 2.24) is 15.1 Å². The molecule has 2 aromatic rings. The molecule has 0 atom stereocenters. The van der Waals surface area contributed by atoms with Gasteiger partial charge in [0.2, 0.25) is 0 Å². The van der Waals surface area contributed by atoms with Crippen molar-refractivity contribution in [2.45, 2.75) is 6.04 Å². The summed E-state index contributed by atoms with van der Waals surface area (Å²) in [5.41, 5.74) is 2.34. The van der Waals surface area contributed by atoms with Crippen LogP contribution in [0.4, 0.5) is 0 Å². The predicted octanol–water partition coefficient (Wildman–Crippen LogP) is 1.70. The molecule has 17 heavy (non-hydrogen) atoms. The molecule has 0 saturated carbocycles. The van der Waals surface area contributed by atoms with Crippen LogP contribution in [0, 0.1) is 0 Å². The molecule has 1 aliphatic rings. The number of rotatable bonds is 3. The van der Waals surface area contributed by atoms with Crippen molar-refractivity contribution in [3.63, 3.8) is 0 Å². The van der Waals surface area contributed by atoms with Crippen LogP contribution in [0.15, 0.2) is 36.5 Å². The third-order valence-corrected chi connectivity index (χ3v) is 3.16. The zero-order chi connectivity index (χ0) is 11.7. The SMILES string of the molecule is COc1ccc(-c2ccnn2C2CNC2)cc1. The van der Waals surface area contributed by atoms with Gasteiger partial charge in [-0.25, -0.2) is 0 Å². The lowest BCUT2D eigenvalue weighted by molar-refractivity contribution is 0.321. The zero-order valence-corrected chi connectivity index (χ0v) is 9.76. The van der Waals surface area contributed by atoms with Gasteiger partial charge < -0.3 is 10.1 Å². The number of hydrogen-bond acceptors (Lipinski definition) is 3. The number of methoxy groups -OCH3 is 1. The van der Waals surface area contributed by atoms with Crippen molar-refractivity contribution < 1.29 is 4.74 Å². The molecule has 0 bridgehead atoms. The standard InChI is InChI=1S/C13H15N3O/c1-17-12-4-2-10(3-5-12)13-6-7-15-16(13)11-8-14-9-11/h2-7,11,14H,8-9H2,1H3. The minimum Gasteiger partial charge on any atom is -0.497 e. The minimum atomic E-state index is 0.488. The third kappa shape index (κ3) is 1.80. The lowest BCUT2D eigenvalue weighted by atomic mass is 10.1. The van der Waals surface area contributed by atoms with Crippen LogP contribution in [0.3, 0.4) is 0 Å². The van der Waals surface area contributed by atoms with Crippen LogP contribution >= 0.6 is 0 Å². The second kappa shape index (κ2) is 4.22. The molecule has 1 saturated heterocycles. The minimum absolute atomic E-state index is 0.488. The molecule has 3 rings (SSSR count). The number of nitrogens with one attached hydrogen (secondary N) is 1. The van der Waals surface area contributed by atoms with E-state index < -0.39 is 0 Å². The van der Waals surface area contributed by atoms with Crippen molar-refractivity contribution in [2.75, 3.05) is 20.2 Å². The van der Waals surface area contributed by atoms with Gasteiger partial charge in [0.15, 0.2) is 0 Å². The first-order chi connectivity index (χ1) is 8.38. The largest absolute Gasteiger partial charge is 0.497 e.